The van der Waals surface area contributed by atoms with Crippen molar-refractivity contribution in [2.24, 2.45) is 0 Å². The molecule has 90 heavy (non-hydrogen) atoms. The molecule has 468 valence electrons. The van der Waals surface area contributed by atoms with E-state index in [1.165, 1.54) is 71.7 Å². The van der Waals surface area contributed by atoms with Gasteiger partial charge in [0.25, 0.3) is 17.7 Å². The van der Waals surface area contributed by atoms with Crippen LogP contribution in [0.1, 0.15) is 96.5 Å². The van der Waals surface area contributed by atoms with Gasteiger partial charge in [-0.2, -0.15) is 5.26 Å². The van der Waals surface area contributed by atoms with E-state index in [0.29, 0.717) is 23.6 Å². The summed E-state index contributed by atoms with van der Waals surface area (Å²) in [4.78, 5) is 89.6. The maximum absolute atomic E-state index is 15.3. The minimum absolute atomic E-state index is 0.0738. The average Bonchev–Trinajstić information content (AvgIpc) is 1.58. The topological polar surface area (TPSA) is 230 Å². The number of nitrogens with zero attached hydrogens (tertiary/aromatic N) is 5. The van der Waals surface area contributed by atoms with Gasteiger partial charge < -0.3 is 54.1 Å². The van der Waals surface area contributed by atoms with E-state index in [0.717, 1.165) is 44.4 Å². The molecule has 7 aromatic carbocycles. The number of nitriles is 1. The first kappa shape index (κ1) is 65.9. The van der Waals surface area contributed by atoms with Gasteiger partial charge in [0, 0.05) is 37.3 Å². The highest BCUT2D eigenvalue weighted by molar-refractivity contribution is 6.14. The Balaban J connectivity index is 0.852. The second kappa shape index (κ2) is 30.3. The van der Waals surface area contributed by atoms with Crippen LogP contribution in [0.3, 0.4) is 0 Å². The zero-order valence-electron chi connectivity index (χ0n) is 52.3. The van der Waals surface area contributed by atoms with Crippen molar-refractivity contribution >= 4 is 68.9 Å². The molecule has 7 aromatic rings. The van der Waals surface area contributed by atoms with Crippen LogP contribution >= 0.6 is 0 Å². The van der Waals surface area contributed by atoms with Gasteiger partial charge in [-0.3, -0.25) is 28.9 Å². The van der Waals surface area contributed by atoms with Gasteiger partial charge in [0.1, 0.15) is 48.1 Å². The van der Waals surface area contributed by atoms with Crippen molar-refractivity contribution in [1.82, 2.24) is 20.4 Å². The average molecular weight is 1220 g/mol. The molecule has 0 aliphatic carbocycles. The molecule has 0 fully saturated rings. The fraction of sp³-hybridized carbons (Fsp3) is 0.310. The summed E-state index contributed by atoms with van der Waals surface area (Å²) >= 11 is 0. The highest BCUT2D eigenvalue weighted by Gasteiger charge is 2.44. The number of anilines is 2. The lowest BCUT2D eigenvalue weighted by atomic mass is 9.88. The highest BCUT2D eigenvalue weighted by Crippen LogP contribution is 2.41. The third-order valence-corrected chi connectivity index (χ3v) is 15.5. The number of carbonyl (C=O) groups is 6. The van der Waals surface area contributed by atoms with Gasteiger partial charge in [-0.15, -0.1) is 0 Å². The molecule has 3 atom stereocenters. The van der Waals surface area contributed by atoms with E-state index in [-0.39, 0.29) is 85.8 Å². The Labute approximate surface area is 525 Å². The summed E-state index contributed by atoms with van der Waals surface area (Å²) in [5.41, 5.74) is 6.19. The second-order valence-electron chi connectivity index (χ2n) is 22.7. The molecule has 6 amide bonds. The number of benzene rings is 7. The van der Waals surface area contributed by atoms with Gasteiger partial charge in [0.15, 0.2) is 0 Å². The molecule has 0 unspecified atom stereocenters. The normalized spacial score (nSPS) is 14.5. The van der Waals surface area contributed by atoms with Crippen molar-refractivity contribution < 1.29 is 57.6 Å². The van der Waals surface area contributed by atoms with Gasteiger partial charge in [-0.1, -0.05) is 91.9 Å². The number of hydrogen-bond acceptors (Lipinski definition) is 13. The van der Waals surface area contributed by atoms with Crippen LogP contribution in [0.5, 0.6) is 17.2 Å². The molecule has 0 saturated heterocycles. The van der Waals surface area contributed by atoms with Crippen LogP contribution in [-0.2, 0) is 35.1 Å². The van der Waals surface area contributed by atoms with E-state index in [4.69, 9.17) is 23.7 Å². The molecule has 0 saturated carbocycles. The predicted octanol–water partition coefficient (Wildman–Crippen LogP) is 10.4. The number of carbonyl (C=O) groups excluding carboxylic acids is 6. The predicted molar refractivity (Wildman–Crippen MR) is 345 cm³/mol. The Kier molecular flexibility index (Phi) is 22.2. The first-order valence-corrected chi connectivity index (χ1v) is 29.8. The van der Waals surface area contributed by atoms with Gasteiger partial charge in [0.05, 0.1) is 69.1 Å². The molecule has 8 rings (SSSR count). The fourth-order valence-corrected chi connectivity index (χ4v) is 10.5. The number of aromatic hydroxyl groups is 1. The number of amides is 6. The number of fused-ring (bicyclic) bond motifs is 2. The maximum atomic E-state index is 15.3. The summed E-state index contributed by atoms with van der Waals surface area (Å²) in [6.07, 6.45) is 0.0366. The van der Waals surface area contributed by atoms with Crippen LogP contribution in [0.15, 0.2) is 158 Å². The monoisotopic (exact) mass is 1220 g/mol. The van der Waals surface area contributed by atoms with Crippen LogP contribution in [0.25, 0.3) is 21.9 Å². The molecular formula is C71H77N7O12. The minimum Gasteiger partial charge on any atom is -0.508 e. The van der Waals surface area contributed by atoms with E-state index in [9.17, 15) is 29.5 Å². The van der Waals surface area contributed by atoms with Crippen LogP contribution in [0.2, 0.25) is 0 Å². The lowest BCUT2D eigenvalue weighted by Crippen LogP contribution is -2.60. The summed E-state index contributed by atoms with van der Waals surface area (Å²) in [5, 5.41) is 27.5. The van der Waals surface area contributed by atoms with Crippen molar-refractivity contribution in [2.45, 2.75) is 78.2 Å². The molecule has 0 spiro atoms. The SMILES string of the molecule is CC/C(=C(/c1ccc(O)cc1)c1ccc(OCCN(C)C(=O)COCCOCCNC(=O)c2ccc(C(=O)N3c4cc(C#N)ccc4N(Cc4c(OC)ccc5ccccc45)C(=O)[C@@H](NC(=O)[C@H](C)N(C)C(=O)OC(C)(C)C)[C@@H]3C)cc2)cc1)c1ccccc1. The Morgan fingerprint density at radius 2 is 1.39 bits per heavy atom. The van der Waals surface area contributed by atoms with Crippen LogP contribution in [0.4, 0.5) is 16.2 Å². The van der Waals surface area contributed by atoms with Crippen LogP contribution in [-0.4, -0.2) is 142 Å². The Morgan fingerprint density at radius 3 is 2.06 bits per heavy atom. The molecule has 1 aliphatic heterocycles. The lowest BCUT2D eigenvalue weighted by Gasteiger charge is -2.34. The molecule has 19 heteroatoms. The van der Waals surface area contributed by atoms with Gasteiger partial charge in [-0.05, 0) is 152 Å². The summed E-state index contributed by atoms with van der Waals surface area (Å²) in [6, 6.07) is 45.7. The highest BCUT2D eigenvalue weighted by atomic mass is 16.6. The van der Waals surface area contributed by atoms with Crippen molar-refractivity contribution in [3.8, 4) is 23.3 Å². The zero-order chi connectivity index (χ0) is 64.6. The number of phenols is 1. The minimum atomic E-state index is -1.41. The number of methoxy groups -OCH3 is 1. The molecule has 0 bridgehead atoms. The van der Waals surface area contributed by atoms with Gasteiger partial charge >= 0.3 is 6.09 Å². The number of hydrogen-bond donors (Lipinski definition) is 3. The second-order valence-corrected chi connectivity index (χ2v) is 22.7. The van der Waals surface area contributed by atoms with Crippen molar-refractivity contribution in [2.75, 3.05) is 77.1 Å². The summed E-state index contributed by atoms with van der Waals surface area (Å²) in [5.74, 6) is -1.20. The van der Waals surface area contributed by atoms with E-state index in [1.54, 1.807) is 65.1 Å². The number of ether oxygens (including phenoxy) is 5. The number of likely N-dealkylation sites (N-methyl/N-ethyl adjacent to an activating group) is 2. The van der Waals surface area contributed by atoms with Crippen molar-refractivity contribution in [3.05, 3.63) is 197 Å². The molecule has 0 radical (unpaired) electrons. The summed E-state index contributed by atoms with van der Waals surface area (Å²) < 4.78 is 28.6. The van der Waals surface area contributed by atoms with Crippen LogP contribution < -0.4 is 29.9 Å². The summed E-state index contributed by atoms with van der Waals surface area (Å²) in [7, 11) is 4.62. The largest absolute Gasteiger partial charge is 0.508 e. The smallest absolute Gasteiger partial charge is 0.410 e. The Morgan fingerprint density at radius 1 is 0.744 bits per heavy atom. The molecule has 3 N–H and O–H groups in total. The standard InChI is InChI=1S/C71H77N7O12/c1-10-57(49-16-12-11-13-17-49)64(51-25-30-55(79)31-26-51)52-27-32-56(33-28-52)89-39-37-75(7)63(80)45-88-41-40-87-38-36-73-67(82)53-21-23-54(24-22-53)68(83)78-46(2)65(74-66(81)47(3)76(8)70(85)90-71(4,5)6)69(84)77(60-34-20-48(43-72)42-61(60)78)44-59-58-19-15-14-18-50(58)29-35-62(59)86-9/h11-35,42,46-47,65,79H,10,36-41,44-45H2,1-9H3,(H,73,82)(H,74,81)/b64-57+/t46-,47-,65-/m0/s1. The van der Waals surface area contributed by atoms with Crippen LogP contribution in [0, 0.1) is 11.3 Å². The molecule has 1 aliphatic rings. The number of rotatable bonds is 24. The quantitative estimate of drug-likeness (QED) is 0.0378. The van der Waals surface area contributed by atoms with E-state index >= 15 is 9.59 Å². The van der Waals surface area contributed by atoms with Crippen molar-refractivity contribution in [3.63, 3.8) is 0 Å². The van der Waals surface area contributed by atoms with Crippen molar-refractivity contribution in [1.29, 1.82) is 5.26 Å². The number of phenolic OH excluding ortho intramolecular Hbond substituents is 1. The number of allylic oxidation sites excluding steroid dienone is 1. The zero-order valence-corrected chi connectivity index (χ0v) is 52.3. The van der Waals surface area contributed by atoms with Gasteiger partial charge in [-0.25, -0.2) is 4.79 Å². The fourth-order valence-electron chi connectivity index (χ4n) is 10.5. The Hall–Kier alpha value is -10.0. The van der Waals surface area contributed by atoms with E-state index in [1.807, 2.05) is 84.9 Å². The van der Waals surface area contributed by atoms with Gasteiger partial charge in [0.2, 0.25) is 11.8 Å². The first-order valence-electron chi connectivity index (χ1n) is 29.8. The molecule has 0 aromatic heterocycles. The number of nitrogens with one attached hydrogen (secondary N) is 2. The molecule has 19 nitrogen and oxygen atoms in total. The third kappa shape index (κ3) is 16.2. The maximum Gasteiger partial charge on any atom is 0.410 e. The molecule has 1 heterocycles. The van der Waals surface area contributed by atoms with E-state index < -0.39 is 53.4 Å². The first-order chi connectivity index (χ1) is 43.2. The summed E-state index contributed by atoms with van der Waals surface area (Å²) in [6.45, 7) is 11.3. The van der Waals surface area contributed by atoms with E-state index in [2.05, 4.69) is 35.8 Å². The lowest BCUT2D eigenvalue weighted by molar-refractivity contribution is -0.135. The Bertz CT molecular complexity index is 3770. The molecular weight excluding hydrogens is 1140 g/mol. The third-order valence-electron chi connectivity index (χ3n) is 15.5.